The lowest BCUT2D eigenvalue weighted by Crippen LogP contribution is -2.57. The van der Waals surface area contributed by atoms with E-state index in [1.165, 1.54) is 0 Å². The van der Waals surface area contributed by atoms with E-state index in [9.17, 15) is 4.79 Å². The predicted octanol–water partition coefficient (Wildman–Crippen LogP) is 1.33. The Kier molecular flexibility index (Phi) is 7.10. The number of piperazine rings is 1. The van der Waals surface area contributed by atoms with Crippen LogP contribution in [0.3, 0.4) is 0 Å². The van der Waals surface area contributed by atoms with Gasteiger partial charge in [-0.1, -0.05) is 0 Å². The summed E-state index contributed by atoms with van der Waals surface area (Å²) in [7, 11) is 2.16. The molecule has 5 heteroatoms. The van der Waals surface area contributed by atoms with E-state index in [1.54, 1.807) is 0 Å². The summed E-state index contributed by atoms with van der Waals surface area (Å²) in [6.45, 7) is 14.8. The maximum absolute atomic E-state index is 12.3. The van der Waals surface area contributed by atoms with Gasteiger partial charge in [0.05, 0.1) is 6.61 Å². The quantitative estimate of drug-likeness (QED) is 0.719. The molecule has 21 heavy (non-hydrogen) atoms. The van der Waals surface area contributed by atoms with E-state index in [2.05, 4.69) is 42.9 Å². The highest BCUT2D eigenvalue weighted by atomic mass is 16.5. The molecule has 0 aromatic carbocycles. The summed E-state index contributed by atoms with van der Waals surface area (Å²) in [6.07, 6.45) is 0.776. The molecule has 1 fully saturated rings. The van der Waals surface area contributed by atoms with Gasteiger partial charge in [0.15, 0.2) is 0 Å². The molecule has 1 saturated heterocycles. The van der Waals surface area contributed by atoms with Crippen LogP contribution in [0.15, 0.2) is 0 Å². The van der Waals surface area contributed by atoms with Gasteiger partial charge in [0, 0.05) is 38.3 Å². The lowest BCUT2D eigenvalue weighted by Gasteiger charge is -2.40. The highest BCUT2D eigenvalue weighted by molar-refractivity contribution is 5.80. The third-order valence-electron chi connectivity index (χ3n) is 4.20. The van der Waals surface area contributed by atoms with Crippen LogP contribution in [-0.4, -0.2) is 73.2 Å². The van der Waals surface area contributed by atoms with Crippen molar-refractivity contribution in [2.24, 2.45) is 0 Å². The Morgan fingerprint density at radius 3 is 2.62 bits per heavy atom. The second-order valence-electron chi connectivity index (χ2n) is 6.75. The van der Waals surface area contributed by atoms with Crippen LogP contribution in [0.2, 0.25) is 0 Å². The van der Waals surface area contributed by atoms with Crippen LogP contribution in [0.25, 0.3) is 0 Å². The van der Waals surface area contributed by atoms with Gasteiger partial charge in [0.1, 0.15) is 5.54 Å². The van der Waals surface area contributed by atoms with Gasteiger partial charge < -0.3 is 9.64 Å². The van der Waals surface area contributed by atoms with Gasteiger partial charge in [0.25, 0.3) is 0 Å². The molecule has 0 bridgehead atoms. The average Bonchev–Trinajstić information content (AvgIpc) is 2.37. The van der Waals surface area contributed by atoms with Gasteiger partial charge in [-0.15, -0.1) is 0 Å². The van der Waals surface area contributed by atoms with Crippen molar-refractivity contribution in [3.8, 4) is 0 Å². The van der Waals surface area contributed by atoms with Crippen molar-refractivity contribution < 1.29 is 9.53 Å². The minimum absolute atomic E-state index is 0.138. The van der Waals surface area contributed by atoms with Crippen molar-refractivity contribution in [2.45, 2.75) is 58.7 Å². The SMILES string of the molecule is CCOC(=O)C(C)(CCN1CCN(C)CC1C)NC(C)C. The van der Waals surface area contributed by atoms with Gasteiger partial charge >= 0.3 is 5.97 Å². The van der Waals surface area contributed by atoms with Crippen molar-refractivity contribution in [3.63, 3.8) is 0 Å². The van der Waals surface area contributed by atoms with Crippen molar-refractivity contribution >= 4 is 5.97 Å². The van der Waals surface area contributed by atoms with Gasteiger partial charge in [-0.25, -0.2) is 0 Å². The van der Waals surface area contributed by atoms with Crippen molar-refractivity contribution in [2.75, 3.05) is 39.8 Å². The molecule has 1 heterocycles. The summed E-state index contributed by atoms with van der Waals surface area (Å²) in [5, 5.41) is 3.39. The predicted molar refractivity (Wildman–Crippen MR) is 86.5 cm³/mol. The first kappa shape index (κ1) is 18.4. The van der Waals surface area contributed by atoms with Crippen LogP contribution >= 0.6 is 0 Å². The van der Waals surface area contributed by atoms with E-state index in [1.807, 2.05) is 13.8 Å². The molecule has 0 spiro atoms. The maximum Gasteiger partial charge on any atom is 0.326 e. The normalized spacial score (nSPS) is 24.0. The zero-order chi connectivity index (χ0) is 16.0. The topological polar surface area (TPSA) is 44.8 Å². The Balaban J connectivity index is 2.62. The maximum atomic E-state index is 12.3. The number of nitrogens with one attached hydrogen (secondary N) is 1. The van der Waals surface area contributed by atoms with Gasteiger partial charge in [0.2, 0.25) is 0 Å². The summed E-state index contributed by atoms with van der Waals surface area (Å²) < 4.78 is 5.26. The third kappa shape index (κ3) is 5.57. The molecule has 0 amide bonds. The van der Waals surface area contributed by atoms with Gasteiger partial charge in [-0.3, -0.25) is 15.0 Å². The van der Waals surface area contributed by atoms with Crippen LogP contribution in [0.4, 0.5) is 0 Å². The summed E-state index contributed by atoms with van der Waals surface area (Å²) in [5.74, 6) is -0.138. The average molecular weight is 299 g/mol. The second kappa shape index (κ2) is 8.11. The van der Waals surface area contributed by atoms with Crippen LogP contribution in [0.1, 0.15) is 41.0 Å². The number of rotatable bonds is 7. The number of hydrogen-bond donors (Lipinski definition) is 1. The van der Waals surface area contributed by atoms with Crippen molar-refractivity contribution in [1.29, 1.82) is 0 Å². The zero-order valence-electron chi connectivity index (χ0n) is 14.6. The molecule has 2 atom stereocenters. The number of ether oxygens (including phenoxy) is 1. The summed E-state index contributed by atoms with van der Waals surface area (Å²) >= 11 is 0. The third-order valence-corrected chi connectivity index (χ3v) is 4.20. The summed E-state index contributed by atoms with van der Waals surface area (Å²) in [5.41, 5.74) is -0.604. The number of likely N-dealkylation sites (N-methyl/N-ethyl adjacent to an activating group) is 1. The second-order valence-corrected chi connectivity index (χ2v) is 6.75. The summed E-state index contributed by atoms with van der Waals surface area (Å²) in [4.78, 5) is 17.1. The summed E-state index contributed by atoms with van der Waals surface area (Å²) in [6, 6.07) is 0.790. The molecule has 0 aromatic rings. The lowest BCUT2D eigenvalue weighted by atomic mass is 9.95. The number of esters is 1. The smallest absolute Gasteiger partial charge is 0.326 e. The van der Waals surface area contributed by atoms with Gasteiger partial charge in [-0.05, 0) is 48.1 Å². The molecule has 1 N–H and O–H groups in total. The van der Waals surface area contributed by atoms with E-state index in [0.29, 0.717) is 12.6 Å². The molecule has 1 aliphatic heterocycles. The Morgan fingerprint density at radius 1 is 1.43 bits per heavy atom. The van der Waals surface area contributed by atoms with Crippen LogP contribution in [0.5, 0.6) is 0 Å². The number of hydrogen-bond acceptors (Lipinski definition) is 5. The lowest BCUT2D eigenvalue weighted by molar-refractivity contribution is -0.151. The molecule has 5 nitrogen and oxygen atoms in total. The monoisotopic (exact) mass is 299 g/mol. The van der Waals surface area contributed by atoms with Crippen LogP contribution < -0.4 is 5.32 Å². The van der Waals surface area contributed by atoms with E-state index in [4.69, 9.17) is 4.74 Å². The molecule has 0 saturated carbocycles. The van der Waals surface area contributed by atoms with E-state index < -0.39 is 5.54 Å². The van der Waals surface area contributed by atoms with Crippen LogP contribution in [0, 0.1) is 0 Å². The minimum atomic E-state index is -0.604. The molecule has 2 unspecified atom stereocenters. The van der Waals surface area contributed by atoms with E-state index >= 15 is 0 Å². The number of nitrogens with zero attached hydrogens (tertiary/aromatic N) is 2. The fourth-order valence-electron chi connectivity index (χ4n) is 3.04. The van der Waals surface area contributed by atoms with Crippen molar-refractivity contribution in [3.05, 3.63) is 0 Å². The minimum Gasteiger partial charge on any atom is -0.465 e. The van der Waals surface area contributed by atoms with E-state index in [-0.39, 0.29) is 12.0 Å². The number of carbonyl (C=O) groups is 1. The molecule has 0 radical (unpaired) electrons. The van der Waals surface area contributed by atoms with Crippen LogP contribution in [-0.2, 0) is 9.53 Å². The standard InChI is InChI=1S/C16H33N3O2/c1-7-21-15(20)16(5,17-13(2)3)8-9-19-11-10-18(6)12-14(19)4/h13-14,17H,7-12H2,1-6H3. The molecular weight excluding hydrogens is 266 g/mol. The highest BCUT2D eigenvalue weighted by Crippen LogP contribution is 2.17. The highest BCUT2D eigenvalue weighted by Gasteiger charge is 2.36. The molecule has 1 rings (SSSR count). The first-order valence-electron chi connectivity index (χ1n) is 8.16. The van der Waals surface area contributed by atoms with Crippen molar-refractivity contribution in [1.82, 2.24) is 15.1 Å². The molecule has 0 aliphatic carbocycles. The van der Waals surface area contributed by atoms with E-state index in [0.717, 1.165) is 32.6 Å². The first-order chi connectivity index (χ1) is 9.78. The van der Waals surface area contributed by atoms with Gasteiger partial charge in [-0.2, -0.15) is 0 Å². The Bertz CT molecular complexity index is 335. The fourth-order valence-corrected chi connectivity index (χ4v) is 3.04. The number of carbonyl (C=O) groups excluding carboxylic acids is 1. The largest absolute Gasteiger partial charge is 0.465 e. The molecule has 0 aromatic heterocycles. The Hall–Kier alpha value is -0.650. The Morgan fingerprint density at radius 2 is 2.10 bits per heavy atom. The molecule has 124 valence electrons. The molecule has 1 aliphatic rings. The molecular formula is C16H33N3O2. The fraction of sp³-hybridized carbons (Fsp3) is 0.938. The first-order valence-corrected chi connectivity index (χ1v) is 8.16. The Labute approximate surface area is 130 Å². The zero-order valence-corrected chi connectivity index (χ0v) is 14.6.